The van der Waals surface area contributed by atoms with Gasteiger partial charge in [-0.05, 0) is 30.9 Å². The van der Waals surface area contributed by atoms with Gasteiger partial charge in [0.05, 0.1) is 19.9 Å². The zero-order chi connectivity index (χ0) is 13.0. The van der Waals surface area contributed by atoms with Crippen molar-refractivity contribution in [3.63, 3.8) is 0 Å². The summed E-state index contributed by atoms with van der Waals surface area (Å²) < 4.78 is 10.6. The molecule has 1 aliphatic rings. The molecule has 1 aromatic carbocycles. The molecule has 0 unspecified atom stereocenters. The third-order valence-electron chi connectivity index (χ3n) is 3.60. The van der Waals surface area contributed by atoms with E-state index in [9.17, 15) is 0 Å². The number of nitrogens with zero attached hydrogens (tertiary/aromatic N) is 1. The molecule has 1 aromatic rings. The highest BCUT2D eigenvalue weighted by molar-refractivity contribution is 5.61. The van der Waals surface area contributed by atoms with Gasteiger partial charge in [0.1, 0.15) is 11.5 Å². The number of aliphatic hydroxyl groups excluding tert-OH is 1. The van der Waals surface area contributed by atoms with Crippen molar-refractivity contribution in [2.45, 2.75) is 12.8 Å². The maximum atomic E-state index is 9.16. The van der Waals surface area contributed by atoms with Crippen molar-refractivity contribution < 1.29 is 14.6 Å². The van der Waals surface area contributed by atoms with E-state index in [-0.39, 0.29) is 0 Å². The Morgan fingerprint density at radius 1 is 1.22 bits per heavy atom. The Hall–Kier alpha value is -1.42. The van der Waals surface area contributed by atoms with E-state index in [4.69, 9.17) is 14.6 Å². The Morgan fingerprint density at radius 3 is 2.50 bits per heavy atom. The molecular weight excluding hydrogens is 230 g/mol. The van der Waals surface area contributed by atoms with E-state index in [0.717, 1.165) is 43.1 Å². The number of methoxy groups -OCH3 is 2. The van der Waals surface area contributed by atoms with Crippen LogP contribution in [0.1, 0.15) is 12.8 Å². The Bertz CT molecular complexity index is 387. The molecule has 1 saturated heterocycles. The lowest BCUT2D eigenvalue weighted by atomic mass is 9.97. The average molecular weight is 251 g/mol. The number of anilines is 1. The first-order valence-corrected chi connectivity index (χ1v) is 6.36. The molecule has 0 amide bonds. The van der Waals surface area contributed by atoms with Gasteiger partial charge in [-0.15, -0.1) is 0 Å². The Morgan fingerprint density at radius 2 is 1.94 bits per heavy atom. The van der Waals surface area contributed by atoms with Crippen molar-refractivity contribution in [3.8, 4) is 11.5 Å². The van der Waals surface area contributed by atoms with E-state index in [0.29, 0.717) is 12.5 Å². The van der Waals surface area contributed by atoms with Crippen LogP contribution in [0.25, 0.3) is 0 Å². The zero-order valence-corrected chi connectivity index (χ0v) is 11.1. The van der Waals surface area contributed by atoms with E-state index < -0.39 is 0 Å². The van der Waals surface area contributed by atoms with Gasteiger partial charge in [-0.2, -0.15) is 0 Å². The molecular formula is C14H21NO3. The van der Waals surface area contributed by atoms with Crippen molar-refractivity contribution in [1.82, 2.24) is 0 Å². The summed E-state index contributed by atoms with van der Waals surface area (Å²) in [5, 5.41) is 9.16. The van der Waals surface area contributed by atoms with Gasteiger partial charge in [0.2, 0.25) is 0 Å². The predicted octanol–water partition coefficient (Wildman–Crippen LogP) is 1.91. The number of hydrogen-bond donors (Lipinski definition) is 1. The lowest BCUT2D eigenvalue weighted by molar-refractivity contribution is 0.203. The molecule has 4 heteroatoms. The third-order valence-corrected chi connectivity index (χ3v) is 3.60. The minimum atomic E-state index is 0.299. The molecule has 2 rings (SSSR count). The molecule has 0 aromatic heterocycles. The highest BCUT2D eigenvalue weighted by Gasteiger charge is 2.21. The fourth-order valence-corrected chi connectivity index (χ4v) is 2.40. The van der Waals surface area contributed by atoms with E-state index >= 15 is 0 Å². The molecule has 1 aliphatic heterocycles. The Balaban J connectivity index is 2.13. The van der Waals surface area contributed by atoms with Crippen LogP contribution in [-0.2, 0) is 0 Å². The monoisotopic (exact) mass is 251 g/mol. The standard InChI is InChI=1S/C14H21NO3/c1-17-12-3-4-13(14(9-12)18-2)15-7-5-11(10-16)6-8-15/h3-4,9,11,16H,5-8,10H2,1-2H3. The highest BCUT2D eigenvalue weighted by atomic mass is 16.5. The molecule has 0 atom stereocenters. The first kappa shape index (κ1) is 13.0. The highest BCUT2D eigenvalue weighted by Crippen LogP contribution is 2.34. The minimum Gasteiger partial charge on any atom is -0.497 e. The summed E-state index contributed by atoms with van der Waals surface area (Å²) in [6.45, 7) is 2.23. The van der Waals surface area contributed by atoms with Crippen LogP contribution in [0.4, 0.5) is 5.69 Å². The quantitative estimate of drug-likeness (QED) is 0.887. The topological polar surface area (TPSA) is 41.9 Å². The van der Waals surface area contributed by atoms with Crippen LogP contribution >= 0.6 is 0 Å². The van der Waals surface area contributed by atoms with Crippen LogP contribution in [0.3, 0.4) is 0 Å². The lowest BCUT2D eigenvalue weighted by Gasteiger charge is -2.33. The van der Waals surface area contributed by atoms with Gasteiger partial charge in [-0.3, -0.25) is 0 Å². The van der Waals surface area contributed by atoms with Gasteiger partial charge in [-0.1, -0.05) is 0 Å². The van der Waals surface area contributed by atoms with Gasteiger partial charge in [0, 0.05) is 25.8 Å². The second-order valence-corrected chi connectivity index (χ2v) is 4.65. The fourth-order valence-electron chi connectivity index (χ4n) is 2.40. The lowest BCUT2D eigenvalue weighted by Crippen LogP contribution is -2.34. The van der Waals surface area contributed by atoms with Crippen molar-refractivity contribution >= 4 is 5.69 Å². The Kier molecular flexibility index (Phi) is 4.31. The van der Waals surface area contributed by atoms with Crippen molar-refractivity contribution in [2.75, 3.05) is 38.8 Å². The second kappa shape index (κ2) is 5.96. The maximum absolute atomic E-state index is 9.16. The summed E-state index contributed by atoms with van der Waals surface area (Å²) in [7, 11) is 3.33. The molecule has 1 fully saturated rings. The van der Waals surface area contributed by atoms with E-state index in [1.54, 1.807) is 14.2 Å². The summed E-state index contributed by atoms with van der Waals surface area (Å²) in [5.41, 5.74) is 1.11. The summed E-state index contributed by atoms with van der Waals surface area (Å²) in [6.07, 6.45) is 2.07. The van der Waals surface area contributed by atoms with Gasteiger partial charge >= 0.3 is 0 Å². The first-order chi connectivity index (χ1) is 8.78. The molecule has 0 aliphatic carbocycles. The summed E-state index contributed by atoms with van der Waals surface area (Å²) >= 11 is 0. The van der Waals surface area contributed by atoms with Crippen LogP contribution in [0.5, 0.6) is 11.5 Å². The van der Waals surface area contributed by atoms with E-state index in [1.165, 1.54) is 0 Å². The predicted molar refractivity (Wildman–Crippen MR) is 71.6 cm³/mol. The van der Waals surface area contributed by atoms with E-state index in [2.05, 4.69) is 4.90 Å². The van der Waals surface area contributed by atoms with Gasteiger partial charge < -0.3 is 19.5 Å². The number of hydrogen-bond acceptors (Lipinski definition) is 4. The third kappa shape index (κ3) is 2.70. The molecule has 100 valence electrons. The normalized spacial score (nSPS) is 16.7. The van der Waals surface area contributed by atoms with E-state index in [1.807, 2.05) is 18.2 Å². The number of rotatable bonds is 4. The molecule has 1 N–H and O–H groups in total. The molecule has 1 heterocycles. The van der Waals surface area contributed by atoms with Crippen molar-refractivity contribution in [2.24, 2.45) is 5.92 Å². The molecule has 0 spiro atoms. The molecule has 18 heavy (non-hydrogen) atoms. The largest absolute Gasteiger partial charge is 0.497 e. The summed E-state index contributed by atoms with van der Waals surface area (Å²) in [6, 6.07) is 5.90. The van der Waals surface area contributed by atoms with Crippen molar-refractivity contribution in [3.05, 3.63) is 18.2 Å². The molecule has 0 radical (unpaired) electrons. The summed E-state index contributed by atoms with van der Waals surface area (Å²) in [5.74, 6) is 2.10. The maximum Gasteiger partial charge on any atom is 0.145 e. The van der Waals surface area contributed by atoms with Gasteiger partial charge in [0.15, 0.2) is 0 Å². The number of piperidine rings is 1. The smallest absolute Gasteiger partial charge is 0.145 e. The number of ether oxygens (including phenoxy) is 2. The zero-order valence-electron chi connectivity index (χ0n) is 11.1. The van der Waals surface area contributed by atoms with Gasteiger partial charge in [0.25, 0.3) is 0 Å². The number of aliphatic hydroxyl groups is 1. The number of benzene rings is 1. The van der Waals surface area contributed by atoms with Crippen molar-refractivity contribution in [1.29, 1.82) is 0 Å². The van der Waals surface area contributed by atoms with Gasteiger partial charge in [-0.25, -0.2) is 0 Å². The average Bonchev–Trinajstić information content (AvgIpc) is 2.46. The SMILES string of the molecule is COc1ccc(N2CCC(CO)CC2)c(OC)c1. The van der Waals surface area contributed by atoms with Crippen LogP contribution < -0.4 is 14.4 Å². The second-order valence-electron chi connectivity index (χ2n) is 4.65. The summed E-state index contributed by atoms with van der Waals surface area (Å²) in [4.78, 5) is 2.31. The first-order valence-electron chi connectivity index (χ1n) is 6.36. The minimum absolute atomic E-state index is 0.299. The molecule has 4 nitrogen and oxygen atoms in total. The van der Waals surface area contributed by atoms with Crippen LogP contribution in [0.2, 0.25) is 0 Å². The molecule has 0 bridgehead atoms. The fraction of sp³-hybridized carbons (Fsp3) is 0.571. The Labute approximate surface area is 108 Å². The van der Waals surface area contributed by atoms with Crippen LogP contribution in [-0.4, -0.2) is 39.0 Å². The van der Waals surface area contributed by atoms with Crippen LogP contribution in [0, 0.1) is 5.92 Å². The van der Waals surface area contributed by atoms with Crippen LogP contribution in [0.15, 0.2) is 18.2 Å². The molecule has 0 saturated carbocycles.